The molecule has 0 N–H and O–H groups in total. The van der Waals surface area contributed by atoms with Gasteiger partial charge >= 0.3 is 6.18 Å². The van der Waals surface area contributed by atoms with Crippen LogP contribution in [0.15, 0.2) is 24.3 Å². The number of hydrogen-bond donors (Lipinski definition) is 0. The van der Waals surface area contributed by atoms with E-state index in [1.54, 1.807) is 24.3 Å². The molecule has 0 unspecified atom stereocenters. The lowest BCUT2D eigenvalue weighted by molar-refractivity contribution is -0.143. The van der Waals surface area contributed by atoms with Crippen LogP contribution >= 0.6 is 0 Å². The van der Waals surface area contributed by atoms with E-state index in [1.807, 2.05) is 6.07 Å². The van der Waals surface area contributed by atoms with Crippen LogP contribution in [-0.4, -0.2) is 37.8 Å². The number of benzene rings is 1. The Morgan fingerprint density at radius 3 is 2.72 bits per heavy atom. The second kappa shape index (κ2) is 6.26. The molecule has 18 heavy (non-hydrogen) atoms. The molecule has 0 heterocycles. The normalized spacial score (nSPS) is 11.3. The van der Waals surface area contributed by atoms with Crippen LogP contribution in [0.4, 0.5) is 13.2 Å². The Labute approximate surface area is 103 Å². The van der Waals surface area contributed by atoms with Crippen molar-refractivity contribution in [1.82, 2.24) is 4.90 Å². The van der Waals surface area contributed by atoms with Gasteiger partial charge in [0.1, 0.15) is 12.4 Å². The first kappa shape index (κ1) is 14.3. The van der Waals surface area contributed by atoms with Crippen molar-refractivity contribution in [2.75, 3.05) is 26.7 Å². The summed E-state index contributed by atoms with van der Waals surface area (Å²) >= 11 is 0. The lowest BCUT2D eigenvalue weighted by Gasteiger charge is -2.18. The molecule has 1 aromatic carbocycles. The van der Waals surface area contributed by atoms with Crippen molar-refractivity contribution in [3.63, 3.8) is 0 Å². The average Bonchev–Trinajstić information content (AvgIpc) is 2.27. The van der Waals surface area contributed by atoms with E-state index < -0.39 is 12.7 Å². The zero-order valence-corrected chi connectivity index (χ0v) is 9.87. The minimum absolute atomic E-state index is 0.140. The number of hydrogen-bond acceptors (Lipinski definition) is 3. The van der Waals surface area contributed by atoms with E-state index >= 15 is 0 Å². The van der Waals surface area contributed by atoms with Gasteiger partial charge in [0.15, 0.2) is 0 Å². The van der Waals surface area contributed by atoms with E-state index in [0.29, 0.717) is 11.3 Å². The van der Waals surface area contributed by atoms with Gasteiger partial charge in [0.2, 0.25) is 0 Å². The van der Waals surface area contributed by atoms with Gasteiger partial charge in [-0.25, -0.2) is 0 Å². The minimum atomic E-state index is -4.20. The summed E-state index contributed by atoms with van der Waals surface area (Å²) in [7, 11) is 1.38. The van der Waals surface area contributed by atoms with Gasteiger partial charge in [0.25, 0.3) is 0 Å². The van der Waals surface area contributed by atoms with Crippen molar-refractivity contribution in [3.05, 3.63) is 29.8 Å². The van der Waals surface area contributed by atoms with Crippen molar-refractivity contribution < 1.29 is 17.9 Å². The number of likely N-dealkylation sites (N-methyl/N-ethyl adjacent to an activating group) is 1. The van der Waals surface area contributed by atoms with Gasteiger partial charge in [-0.05, 0) is 25.2 Å². The number of halogens is 3. The molecule has 0 aromatic heterocycles. The Kier molecular flexibility index (Phi) is 4.98. The second-order valence-corrected chi connectivity index (χ2v) is 3.84. The highest BCUT2D eigenvalue weighted by Crippen LogP contribution is 2.16. The predicted molar refractivity (Wildman–Crippen MR) is 60.2 cm³/mol. The molecule has 3 nitrogen and oxygen atoms in total. The molecule has 1 aromatic rings. The molecule has 98 valence electrons. The van der Waals surface area contributed by atoms with E-state index in [1.165, 1.54) is 7.05 Å². The van der Waals surface area contributed by atoms with Crippen LogP contribution < -0.4 is 4.74 Å². The molecule has 0 fully saturated rings. The first-order valence-electron chi connectivity index (χ1n) is 5.29. The Morgan fingerprint density at radius 2 is 2.11 bits per heavy atom. The minimum Gasteiger partial charge on any atom is -0.492 e. The van der Waals surface area contributed by atoms with Crippen LogP contribution in [0, 0.1) is 11.3 Å². The molecule has 0 bridgehead atoms. The van der Waals surface area contributed by atoms with E-state index in [2.05, 4.69) is 0 Å². The van der Waals surface area contributed by atoms with Crippen molar-refractivity contribution >= 4 is 0 Å². The van der Waals surface area contributed by atoms with E-state index in [-0.39, 0.29) is 13.2 Å². The van der Waals surface area contributed by atoms with Crippen LogP contribution in [0.5, 0.6) is 5.75 Å². The topological polar surface area (TPSA) is 36.3 Å². The Bertz CT molecular complexity index is 426. The summed E-state index contributed by atoms with van der Waals surface area (Å²) in [5, 5.41) is 8.66. The SMILES string of the molecule is CN(CCOc1cccc(C#N)c1)CC(F)(F)F. The summed E-state index contributed by atoms with van der Waals surface area (Å²) in [6, 6.07) is 8.45. The van der Waals surface area contributed by atoms with Gasteiger partial charge in [-0.1, -0.05) is 6.07 Å². The smallest absolute Gasteiger partial charge is 0.401 e. The van der Waals surface area contributed by atoms with Gasteiger partial charge in [0, 0.05) is 6.54 Å². The Hall–Kier alpha value is -1.74. The number of alkyl halides is 3. The molecule has 0 aliphatic heterocycles. The fourth-order valence-electron chi connectivity index (χ4n) is 1.36. The van der Waals surface area contributed by atoms with Crippen LogP contribution in [-0.2, 0) is 0 Å². The number of ether oxygens (including phenoxy) is 1. The van der Waals surface area contributed by atoms with E-state index in [0.717, 1.165) is 4.90 Å². The molecule has 0 spiro atoms. The van der Waals surface area contributed by atoms with Crippen molar-refractivity contribution in [1.29, 1.82) is 5.26 Å². The second-order valence-electron chi connectivity index (χ2n) is 3.84. The fourth-order valence-corrected chi connectivity index (χ4v) is 1.36. The molecule has 0 atom stereocenters. The lowest BCUT2D eigenvalue weighted by atomic mass is 10.2. The number of nitriles is 1. The van der Waals surface area contributed by atoms with E-state index in [9.17, 15) is 13.2 Å². The van der Waals surface area contributed by atoms with Crippen LogP contribution in [0.1, 0.15) is 5.56 Å². The maximum absolute atomic E-state index is 12.0. The summed E-state index contributed by atoms with van der Waals surface area (Å²) in [6.07, 6.45) is -4.20. The zero-order chi connectivity index (χ0) is 13.6. The van der Waals surface area contributed by atoms with Gasteiger partial charge in [-0.2, -0.15) is 18.4 Å². The van der Waals surface area contributed by atoms with E-state index in [4.69, 9.17) is 10.00 Å². The van der Waals surface area contributed by atoms with Crippen LogP contribution in [0.25, 0.3) is 0 Å². The standard InChI is InChI=1S/C12H13F3N2O/c1-17(9-12(13,14)15)5-6-18-11-4-2-3-10(7-11)8-16/h2-4,7H,5-6,9H2,1H3. The first-order valence-corrected chi connectivity index (χ1v) is 5.29. The molecule has 0 saturated carbocycles. The lowest BCUT2D eigenvalue weighted by Crippen LogP contribution is -2.33. The monoisotopic (exact) mass is 258 g/mol. The van der Waals surface area contributed by atoms with Crippen molar-refractivity contribution in [2.24, 2.45) is 0 Å². The van der Waals surface area contributed by atoms with Gasteiger partial charge < -0.3 is 4.74 Å². The highest BCUT2D eigenvalue weighted by atomic mass is 19.4. The maximum Gasteiger partial charge on any atom is 0.401 e. The summed E-state index contributed by atoms with van der Waals surface area (Å²) in [5.74, 6) is 0.481. The van der Waals surface area contributed by atoms with Gasteiger partial charge in [0.05, 0.1) is 18.2 Å². The summed E-state index contributed by atoms with van der Waals surface area (Å²) in [6.45, 7) is -0.660. The van der Waals surface area contributed by atoms with Gasteiger partial charge in [-0.3, -0.25) is 4.90 Å². The molecule has 0 aliphatic rings. The zero-order valence-electron chi connectivity index (χ0n) is 9.87. The molecule has 0 radical (unpaired) electrons. The van der Waals surface area contributed by atoms with Crippen molar-refractivity contribution in [3.8, 4) is 11.8 Å². The first-order chi connectivity index (χ1) is 8.40. The molecule has 0 saturated heterocycles. The molecular weight excluding hydrogens is 245 g/mol. The predicted octanol–water partition coefficient (Wildman–Crippen LogP) is 2.43. The van der Waals surface area contributed by atoms with Crippen LogP contribution in [0.2, 0.25) is 0 Å². The van der Waals surface area contributed by atoms with Gasteiger partial charge in [-0.15, -0.1) is 0 Å². The molecule has 1 rings (SSSR count). The number of rotatable bonds is 5. The third-order valence-corrected chi connectivity index (χ3v) is 2.15. The number of nitrogens with zero attached hydrogens (tertiary/aromatic N) is 2. The average molecular weight is 258 g/mol. The van der Waals surface area contributed by atoms with Crippen LogP contribution in [0.3, 0.4) is 0 Å². The summed E-state index contributed by atoms with van der Waals surface area (Å²) in [5.41, 5.74) is 0.455. The third-order valence-electron chi connectivity index (χ3n) is 2.15. The molecule has 6 heteroatoms. The highest BCUT2D eigenvalue weighted by Gasteiger charge is 2.28. The fraction of sp³-hybridized carbons (Fsp3) is 0.417. The third kappa shape index (κ3) is 5.55. The largest absolute Gasteiger partial charge is 0.492 e. The molecular formula is C12H13F3N2O. The quantitative estimate of drug-likeness (QED) is 0.813. The molecule has 0 amide bonds. The summed E-state index contributed by atoms with van der Waals surface area (Å²) < 4.78 is 41.4. The Morgan fingerprint density at radius 1 is 1.39 bits per heavy atom. The Balaban J connectivity index is 2.35. The highest BCUT2D eigenvalue weighted by molar-refractivity contribution is 5.36. The van der Waals surface area contributed by atoms with Crippen molar-refractivity contribution in [2.45, 2.75) is 6.18 Å². The summed E-state index contributed by atoms with van der Waals surface area (Å²) in [4.78, 5) is 1.13. The molecule has 0 aliphatic carbocycles. The maximum atomic E-state index is 12.0.